The van der Waals surface area contributed by atoms with Gasteiger partial charge < -0.3 is 14.6 Å². The fraction of sp³-hybridized carbons (Fsp3) is 0.438. The maximum atomic E-state index is 13.4. The van der Waals surface area contributed by atoms with Crippen molar-refractivity contribution in [3.8, 4) is 5.75 Å². The molecule has 1 aromatic carbocycles. The molecule has 2 aromatic rings. The van der Waals surface area contributed by atoms with Gasteiger partial charge in [0, 0.05) is 30.0 Å². The van der Waals surface area contributed by atoms with Crippen LogP contribution in [-0.2, 0) is 13.1 Å². The number of nitrogens with one attached hydrogen (secondary N) is 1. The average Bonchev–Trinajstić information content (AvgIpc) is 2.91. The summed E-state index contributed by atoms with van der Waals surface area (Å²) in [7, 11) is 0. The zero-order valence-corrected chi connectivity index (χ0v) is 12.8. The lowest BCUT2D eigenvalue weighted by molar-refractivity contribution is 0.292. The minimum absolute atomic E-state index is 0.0274. The van der Waals surface area contributed by atoms with E-state index < -0.39 is 0 Å². The quantitative estimate of drug-likeness (QED) is 0.889. The van der Waals surface area contributed by atoms with Crippen LogP contribution in [0, 0.1) is 5.82 Å². The van der Waals surface area contributed by atoms with Gasteiger partial charge in [-0.25, -0.2) is 9.37 Å². The molecule has 0 unspecified atom stereocenters. The molecule has 1 heterocycles. The van der Waals surface area contributed by atoms with E-state index in [1.807, 2.05) is 10.8 Å². The first kappa shape index (κ1) is 15.5. The van der Waals surface area contributed by atoms with E-state index >= 15 is 0 Å². The van der Waals surface area contributed by atoms with E-state index in [0.29, 0.717) is 25.4 Å². The zero-order valence-electron chi connectivity index (χ0n) is 12.8. The van der Waals surface area contributed by atoms with Gasteiger partial charge >= 0.3 is 0 Å². The molecule has 0 aliphatic rings. The summed E-state index contributed by atoms with van der Waals surface area (Å²) in [4.78, 5) is 3.98. The predicted molar refractivity (Wildman–Crippen MR) is 80.7 cm³/mol. The molecule has 0 radical (unpaired) electrons. The van der Waals surface area contributed by atoms with Crippen molar-refractivity contribution < 1.29 is 9.13 Å². The lowest BCUT2D eigenvalue weighted by atomic mass is 10.1. The van der Waals surface area contributed by atoms with Crippen molar-refractivity contribution >= 4 is 0 Å². The van der Waals surface area contributed by atoms with Gasteiger partial charge in [-0.05, 0) is 39.0 Å². The van der Waals surface area contributed by atoms with Crippen LogP contribution >= 0.6 is 0 Å². The summed E-state index contributed by atoms with van der Waals surface area (Å²) in [5, 5.41) is 3.35. The molecule has 0 bridgehead atoms. The summed E-state index contributed by atoms with van der Waals surface area (Å²) in [6.45, 7) is 8.03. The smallest absolute Gasteiger partial charge is 0.124 e. The summed E-state index contributed by atoms with van der Waals surface area (Å²) in [5.41, 5.74) is 0.802. The van der Waals surface area contributed by atoms with Crippen LogP contribution in [-0.4, -0.2) is 21.7 Å². The van der Waals surface area contributed by atoms with Crippen molar-refractivity contribution in [3.05, 3.63) is 48.3 Å². The Hall–Kier alpha value is -1.88. The lowest BCUT2D eigenvalue weighted by Gasteiger charge is -2.21. The number of aromatic nitrogens is 2. The van der Waals surface area contributed by atoms with E-state index in [1.165, 1.54) is 12.1 Å². The van der Waals surface area contributed by atoms with Gasteiger partial charge in [-0.1, -0.05) is 0 Å². The van der Waals surface area contributed by atoms with Gasteiger partial charge in [-0.15, -0.1) is 0 Å². The number of hydrogen-bond donors (Lipinski definition) is 1. The number of ether oxygens (including phenoxy) is 1. The van der Waals surface area contributed by atoms with Crippen molar-refractivity contribution in [1.82, 2.24) is 14.9 Å². The fourth-order valence-electron chi connectivity index (χ4n) is 1.87. The van der Waals surface area contributed by atoms with Crippen LogP contribution in [0.5, 0.6) is 5.75 Å². The molecule has 0 fully saturated rings. The van der Waals surface area contributed by atoms with Crippen LogP contribution < -0.4 is 10.1 Å². The minimum Gasteiger partial charge on any atom is -0.491 e. The highest BCUT2D eigenvalue weighted by Gasteiger charge is 2.12. The highest BCUT2D eigenvalue weighted by molar-refractivity contribution is 5.34. The van der Waals surface area contributed by atoms with Gasteiger partial charge in [0.15, 0.2) is 0 Å². The molecule has 0 spiro atoms. The number of halogens is 1. The van der Waals surface area contributed by atoms with E-state index in [2.05, 4.69) is 31.1 Å². The molecule has 1 N–H and O–H groups in total. The van der Waals surface area contributed by atoms with E-state index in [-0.39, 0.29) is 11.4 Å². The maximum absolute atomic E-state index is 13.4. The summed E-state index contributed by atoms with van der Waals surface area (Å²) in [6.07, 6.45) is 5.36. The van der Waals surface area contributed by atoms with E-state index in [4.69, 9.17) is 4.74 Å². The summed E-state index contributed by atoms with van der Waals surface area (Å²) < 4.78 is 21.1. The predicted octanol–water partition coefficient (Wildman–Crippen LogP) is 2.99. The highest BCUT2D eigenvalue weighted by Crippen LogP contribution is 2.20. The standard InChI is InChI=1S/C16H22FN3O/c1-16(2,3)19-11-13-10-14(17)4-5-15(13)21-9-8-20-7-6-18-12-20/h4-7,10,12,19H,8-9,11H2,1-3H3. The zero-order chi connectivity index (χ0) is 15.3. The number of benzene rings is 1. The second-order valence-electron chi connectivity index (χ2n) is 6.00. The third-order valence-corrected chi connectivity index (χ3v) is 3.00. The van der Waals surface area contributed by atoms with Gasteiger partial charge in [-0.3, -0.25) is 0 Å². The Morgan fingerprint density at radius 3 is 2.81 bits per heavy atom. The third-order valence-electron chi connectivity index (χ3n) is 3.00. The van der Waals surface area contributed by atoms with Crippen molar-refractivity contribution in [2.24, 2.45) is 0 Å². The van der Waals surface area contributed by atoms with Gasteiger partial charge in [0.05, 0.1) is 12.9 Å². The first-order valence-electron chi connectivity index (χ1n) is 7.06. The molecule has 1 aromatic heterocycles. The van der Waals surface area contributed by atoms with E-state index in [1.54, 1.807) is 18.6 Å². The second-order valence-corrected chi connectivity index (χ2v) is 6.00. The average molecular weight is 291 g/mol. The van der Waals surface area contributed by atoms with E-state index in [9.17, 15) is 4.39 Å². The maximum Gasteiger partial charge on any atom is 0.124 e. The largest absolute Gasteiger partial charge is 0.491 e. The molecule has 0 saturated heterocycles. The van der Waals surface area contributed by atoms with Gasteiger partial charge in [-0.2, -0.15) is 0 Å². The molecule has 114 valence electrons. The van der Waals surface area contributed by atoms with Crippen LogP contribution in [0.1, 0.15) is 26.3 Å². The molecule has 0 aliphatic carbocycles. The van der Waals surface area contributed by atoms with Crippen molar-refractivity contribution in [2.45, 2.75) is 39.4 Å². The Bertz CT molecular complexity index is 561. The first-order chi connectivity index (χ1) is 9.94. The fourth-order valence-corrected chi connectivity index (χ4v) is 1.87. The molecular formula is C16H22FN3O. The molecule has 0 atom stereocenters. The Balaban J connectivity index is 1.97. The van der Waals surface area contributed by atoms with Crippen molar-refractivity contribution in [3.63, 3.8) is 0 Å². The lowest BCUT2D eigenvalue weighted by Crippen LogP contribution is -2.35. The van der Waals surface area contributed by atoms with Crippen LogP contribution in [0.3, 0.4) is 0 Å². The normalized spacial score (nSPS) is 11.6. The SMILES string of the molecule is CC(C)(C)NCc1cc(F)ccc1OCCn1ccnc1. The molecular weight excluding hydrogens is 269 g/mol. The molecule has 5 heteroatoms. The van der Waals surface area contributed by atoms with Gasteiger partial charge in [0.2, 0.25) is 0 Å². The van der Waals surface area contributed by atoms with Crippen LogP contribution in [0.4, 0.5) is 4.39 Å². The molecule has 0 aliphatic heterocycles. The monoisotopic (exact) mass is 291 g/mol. The van der Waals surface area contributed by atoms with Crippen molar-refractivity contribution in [2.75, 3.05) is 6.61 Å². The van der Waals surface area contributed by atoms with Gasteiger partial charge in [0.25, 0.3) is 0 Å². The second kappa shape index (κ2) is 6.72. The summed E-state index contributed by atoms with van der Waals surface area (Å²) in [6, 6.07) is 4.63. The topological polar surface area (TPSA) is 39.1 Å². The molecule has 2 rings (SSSR count). The third kappa shape index (κ3) is 5.19. The number of nitrogens with zero attached hydrogens (tertiary/aromatic N) is 2. The Kier molecular flexibility index (Phi) is 4.96. The number of hydrogen-bond acceptors (Lipinski definition) is 3. The molecule has 0 saturated carbocycles. The van der Waals surface area contributed by atoms with Gasteiger partial charge in [0.1, 0.15) is 18.2 Å². The summed E-state index contributed by atoms with van der Waals surface area (Å²) in [5.74, 6) is 0.468. The van der Waals surface area contributed by atoms with Crippen LogP contribution in [0.15, 0.2) is 36.9 Å². The minimum atomic E-state index is -0.248. The van der Waals surface area contributed by atoms with Crippen LogP contribution in [0.25, 0.3) is 0 Å². The first-order valence-corrected chi connectivity index (χ1v) is 7.06. The van der Waals surface area contributed by atoms with E-state index in [0.717, 1.165) is 5.56 Å². The Labute approximate surface area is 125 Å². The van der Waals surface area contributed by atoms with Crippen molar-refractivity contribution in [1.29, 1.82) is 0 Å². The molecule has 4 nitrogen and oxygen atoms in total. The number of rotatable bonds is 6. The molecule has 21 heavy (non-hydrogen) atoms. The summed E-state index contributed by atoms with van der Waals surface area (Å²) >= 11 is 0. The Morgan fingerprint density at radius 1 is 1.33 bits per heavy atom. The molecule has 0 amide bonds. The van der Waals surface area contributed by atoms with Crippen LogP contribution in [0.2, 0.25) is 0 Å². The number of imidazole rings is 1. The highest BCUT2D eigenvalue weighted by atomic mass is 19.1. The Morgan fingerprint density at radius 2 is 2.14 bits per heavy atom.